The Morgan fingerprint density at radius 1 is 0.880 bits per heavy atom. The van der Waals surface area contributed by atoms with Gasteiger partial charge in [0.1, 0.15) is 0 Å². The number of phenols is 2. The highest BCUT2D eigenvalue weighted by molar-refractivity contribution is 5.87. The van der Waals surface area contributed by atoms with Crippen LogP contribution in [0.3, 0.4) is 0 Å². The fraction of sp³-hybridized carbons (Fsp3) is 0.211. The van der Waals surface area contributed by atoms with Crippen LogP contribution in [-0.2, 0) is 6.42 Å². The van der Waals surface area contributed by atoms with Gasteiger partial charge in [-0.15, -0.1) is 0 Å². The van der Waals surface area contributed by atoms with Crippen molar-refractivity contribution in [1.29, 1.82) is 0 Å². The zero-order valence-electron chi connectivity index (χ0n) is 14.2. The van der Waals surface area contributed by atoms with E-state index >= 15 is 0 Å². The van der Waals surface area contributed by atoms with E-state index < -0.39 is 0 Å². The summed E-state index contributed by atoms with van der Waals surface area (Å²) >= 11 is 0. The molecular formula is C19H19NO5. The normalized spacial score (nSPS) is 10.7. The van der Waals surface area contributed by atoms with E-state index in [4.69, 9.17) is 14.2 Å². The summed E-state index contributed by atoms with van der Waals surface area (Å²) in [6.45, 7) is 0. The van der Waals surface area contributed by atoms with Gasteiger partial charge in [-0.2, -0.15) is 0 Å². The van der Waals surface area contributed by atoms with Crippen LogP contribution >= 0.6 is 0 Å². The first kappa shape index (κ1) is 16.7. The Kier molecular flexibility index (Phi) is 4.52. The number of aromatic hydroxyl groups is 2. The molecule has 0 spiro atoms. The molecule has 0 atom stereocenters. The number of aromatic nitrogens is 1. The summed E-state index contributed by atoms with van der Waals surface area (Å²) in [5.41, 5.74) is 1.68. The minimum atomic E-state index is -0.174. The summed E-state index contributed by atoms with van der Waals surface area (Å²) in [7, 11) is 4.69. The van der Waals surface area contributed by atoms with Crippen LogP contribution in [0.2, 0.25) is 0 Å². The smallest absolute Gasteiger partial charge is 0.203 e. The molecule has 0 saturated heterocycles. The van der Waals surface area contributed by atoms with Crippen molar-refractivity contribution in [2.24, 2.45) is 0 Å². The molecule has 0 bridgehead atoms. The van der Waals surface area contributed by atoms with Gasteiger partial charge in [0.2, 0.25) is 5.75 Å². The minimum absolute atomic E-state index is 0.155. The number of pyridine rings is 1. The molecule has 3 rings (SSSR count). The third-order valence-corrected chi connectivity index (χ3v) is 4.04. The van der Waals surface area contributed by atoms with Crippen molar-refractivity contribution < 1.29 is 24.4 Å². The maximum Gasteiger partial charge on any atom is 0.203 e. The Morgan fingerprint density at radius 2 is 1.52 bits per heavy atom. The van der Waals surface area contributed by atoms with Gasteiger partial charge in [-0.05, 0) is 41.3 Å². The highest BCUT2D eigenvalue weighted by atomic mass is 16.5. The molecule has 25 heavy (non-hydrogen) atoms. The van der Waals surface area contributed by atoms with E-state index in [-0.39, 0.29) is 11.5 Å². The van der Waals surface area contributed by atoms with Crippen LogP contribution < -0.4 is 14.2 Å². The molecule has 6 nitrogen and oxygen atoms in total. The molecule has 0 aliphatic heterocycles. The second kappa shape index (κ2) is 6.76. The Morgan fingerprint density at radius 3 is 2.12 bits per heavy atom. The summed E-state index contributed by atoms with van der Waals surface area (Å²) < 4.78 is 16.1. The molecule has 0 unspecified atom stereocenters. The molecule has 0 aliphatic rings. The molecule has 3 aromatic rings. The summed E-state index contributed by atoms with van der Waals surface area (Å²) in [4.78, 5) is 4.42. The molecule has 2 aromatic carbocycles. The Bertz CT molecular complexity index is 898. The van der Waals surface area contributed by atoms with Gasteiger partial charge >= 0.3 is 0 Å². The lowest BCUT2D eigenvalue weighted by Gasteiger charge is -2.14. The first-order chi connectivity index (χ1) is 12.1. The van der Waals surface area contributed by atoms with Crippen LogP contribution in [-0.4, -0.2) is 36.5 Å². The lowest BCUT2D eigenvalue weighted by Crippen LogP contribution is -1.99. The standard InChI is InChI=1S/C19H19NO5/c1-23-17-7-11(8-18(24-2)19(17)25-3)6-14-13-10-16(22)15(21)9-12(13)4-5-20-14/h4-5,7-10,21-22H,6H2,1-3H3. The molecule has 0 radical (unpaired) electrons. The van der Waals surface area contributed by atoms with Gasteiger partial charge in [-0.1, -0.05) is 0 Å². The van der Waals surface area contributed by atoms with Gasteiger partial charge in [0.25, 0.3) is 0 Å². The fourth-order valence-corrected chi connectivity index (χ4v) is 2.83. The van der Waals surface area contributed by atoms with Crippen LogP contribution in [0, 0.1) is 0 Å². The van der Waals surface area contributed by atoms with E-state index in [2.05, 4.69) is 4.98 Å². The number of rotatable bonds is 5. The monoisotopic (exact) mass is 341 g/mol. The first-order valence-electron chi connectivity index (χ1n) is 7.65. The average molecular weight is 341 g/mol. The van der Waals surface area contributed by atoms with Crippen LogP contribution in [0.25, 0.3) is 10.8 Å². The van der Waals surface area contributed by atoms with E-state index in [9.17, 15) is 10.2 Å². The molecule has 6 heteroatoms. The molecule has 0 aliphatic carbocycles. The zero-order chi connectivity index (χ0) is 18.0. The van der Waals surface area contributed by atoms with Crippen molar-refractivity contribution in [2.45, 2.75) is 6.42 Å². The maximum absolute atomic E-state index is 9.81. The highest BCUT2D eigenvalue weighted by Crippen LogP contribution is 2.39. The van der Waals surface area contributed by atoms with E-state index in [1.807, 2.05) is 12.1 Å². The van der Waals surface area contributed by atoms with Gasteiger partial charge in [0, 0.05) is 18.0 Å². The fourth-order valence-electron chi connectivity index (χ4n) is 2.83. The topological polar surface area (TPSA) is 81.0 Å². The number of ether oxygens (including phenoxy) is 3. The number of fused-ring (bicyclic) bond motifs is 1. The van der Waals surface area contributed by atoms with Crippen LogP contribution in [0.1, 0.15) is 11.3 Å². The van der Waals surface area contributed by atoms with Crippen molar-refractivity contribution in [3.05, 3.63) is 47.8 Å². The number of phenolic OH excluding ortho intramolecular Hbond substituents is 2. The molecular weight excluding hydrogens is 322 g/mol. The molecule has 0 saturated carbocycles. The van der Waals surface area contributed by atoms with E-state index in [1.165, 1.54) is 12.1 Å². The minimum Gasteiger partial charge on any atom is -0.504 e. The molecule has 130 valence electrons. The van der Waals surface area contributed by atoms with Crippen LogP contribution in [0.15, 0.2) is 36.5 Å². The largest absolute Gasteiger partial charge is 0.504 e. The highest BCUT2D eigenvalue weighted by Gasteiger charge is 2.15. The van der Waals surface area contributed by atoms with Gasteiger partial charge in [-0.3, -0.25) is 4.98 Å². The molecule has 0 fully saturated rings. The lowest BCUT2D eigenvalue weighted by atomic mass is 10.0. The van der Waals surface area contributed by atoms with Gasteiger partial charge < -0.3 is 24.4 Å². The molecule has 2 N–H and O–H groups in total. The van der Waals surface area contributed by atoms with E-state index in [0.29, 0.717) is 23.7 Å². The summed E-state index contributed by atoms with van der Waals surface area (Å²) in [6, 6.07) is 8.55. The van der Waals surface area contributed by atoms with Crippen molar-refractivity contribution >= 4 is 10.8 Å². The zero-order valence-corrected chi connectivity index (χ0v) is 14.2. The molecule has 1 aromatic heterocycles. The Labute approximate surface area is 145 Å². The summed E-state index contributed by atoms with van der Waals surface area (Å²) in [5, 5.41) is 21.0. The number of benzene rings is 2. The van der Waals surface area contributed by atoms with E-state index in [0.717, 1.165) is 22.0 Å². The maximum atomic E-state index is 9.81. The predicted molar refractivity (Wildman–Crippen MR) is 94.0 cm³/mol. The predicted octanol–water partition coefficient (Wildman–Crippen LogP) is 3.26. The number of hydrogen-bond acceptors (Lipinski definition) is 6. The molecule has 0 amide bonds. The van der Waals surface area contributed by atoms with Gasteiger partial charge in [-0.25, -0.2) is 0 Å². The van der Waals surface area contributed by atoms with E-state index in [1.54, 1.807) is 33.6 Å². The Hall–Kier alpha value is -3.15. The van der Waals surface area contributed by atoms with Crippen molar-refractivity contribution in [2.75, 3.05) is 21.3 Å². The van der Waals surface area contributed by atoms with Crippen molar-refractivity contribution in [1.82, 2.24) is 4.98 Å². The van der Waals surface area contributed by atoms with Crippen molar-refractivity contribution in [3.8, 4) is 28.7 Å². The summed E-state index contributed by atoms with van der Waals surface area (Å²) in [6.07, 6.45) is 2.17. The first-order valence-corrected chi connectivity index (χ1v) is 7.65. The van der Waals surface area contributed by atoms with Gasteiger partial charge in [0.05, 0.1) is 27.0 Å². The quantitative estimate of drug-likeness (QED) is 0.693. The third kappa shape index (κ3) is 3.10. The van der Waals surface area contributed by atoms with Crippen molar-refractivity contribution in [3.63, 3.8) is 0 Å². The molecule has 1 heterocycles. The Balaban J connectivity index is 2.08. The third-order valence-electron chi connectivity index (χ3n) is 4.04. The van der Waals surface area contributed by atoms with Crippen LogP contribution in [0.5, 0.6) is 28.7 Å². The number of nitrogens with zero attached hydrogens (tertiary/aromatic N) is 1. The van der Waals surface area contributed by atoms with Crippen LogP contribution in [0.4, 0.5) is 0 Å². The number of methoxy groups -OCH3 is 3. The van der Waals surface area contributed by atoms with Gasteiger partial charge in [0.15, 0.2) is 23.0 Å². The second-order valence-electron chi connectivity index (χ2n) is 5.53. The lowest BCUT2D eigenvalue weighted by molar-refractivity contribution is 0.324. The average Bonchev–Trinajstić information content (AvgIpc) is 2.62. The summed E-state index contributed by atoms with van der Waals surface area (Å²) in [5.74, 6) is 1.33. The number of hydrogen-bond donors (Lipinski definition) is 2. The SMILES string of the molecule is COc1cc(Cc2nccc3cc(O)c(O)cc23)cc(OC)c1OC. The second-order valence-corrected chi connectivity index (χ2v) is 5.53.